The molecule has 1 rings (SSSR count). The highest BCUT2D eigenvalue weighted by Crippen LogP contribution is 2.21. The van der Waals surface area contributed by atoms with Crippen molar-refractivity contribution in [1.29, 1.82) is 5.26 Å². The van der Waals surface area contributed by atoms with Gasteiger partial charge in [-0.15, -0.1) is 0 Å². The predicted octanol–water partition coefficient (Wildman–Crippen LogP) is 1.90. The van der Waals surface area contributed by atoms with E-state index in [1.165, 1.54) is 12.1 Å². The van der Waals surface area contributed by atoms with E-state index in [-0.39, 0.29) is 15.9 Å². The lowest BCUT2D eigenvalue weighted by molar-refractivity contribution is 0.153. The third kappa shape index (κ3) is 4.60. The summed E-state index contributed by atoms with van der Waals surface area (Å²) in [5, 5.41) is 8.97. The minimum absolute atomic E-state index is 0.0186. The monoisotopic (exact) mass is 296 g/mol. The summed E-state index contributed by atoms with van der Waals surface area (Å²) < 4.78 is 32.1. The first-order chi connectivity index (χ1) is 9.32. The van der Waals surface area contributed by atoms with Crippen molar-refractivity contribution < 1.29 is 13.2 Å². The van der Waals surface area contributed by atoms with Crippen molar-refractivity contribution in [1.82, 2.24) is 4.72 Å². The van der Waals surface area contributed by atoms with Gasteiger partial charge in [0.1, 0.15) is 6.07 Å². The van der Waals surface area contributed by atoms with Crippen molar-refractivity contribution in [3.63, 3.8) is 0 Å². The molecular weight excluding hydrogens is 276 g/mol. The van der Waals surface area contributed by atoms with Gasteiger partial charge >= 0.3 is 0 Å². The number of rotatable bonds is 7. The van der Waals surface area contributed by atoms with Crippen LogP contribution in [-0.4, -0.2) is 28.7 Å². The molecule has 0 saturated heterocycles. The first-order valence-corrected chi connectivity index (χ1v) is 7.78. The number of ether oxygens (including phenoxy) is 1. The Morgan fingerprint density at radius 2 is 2.00 bits per heavy atom. The summed E-state index contributed by atoms with van der Waals surface area (Å²) in [5.41, 5.74) is -0.0697. The molecule has 0 amide bonds. The van der Waals surface area contributed by atoms with E-state index < -0.39 is 10.0 Å². The summed E-state index contributed by atoms with van der Waals surface area (Å²) in [6.07, 6.45) is 0.742. The van der Waals surface area contributed by atoms with Crippen molar-refractivity contribution in [2.75, 3.05) is 20.3 Å². The molecule has 0 aromatic heterocycles. The number of sulfonamides is 1. The summed E-state index contributed by atoms with van der Waals surface area (Å²) in [6, 6.07) is 8.06. The van der Waals surface area contributed by atoms with Crippen molar-refractivity contribution in [2.24, 2.45) is 5.41 Å². The van der Waals surface area contributed by atoms with Crippen LogP contribution in [0.5, 0.6) is 0 Å². The van der Waals surface area contributed by atoms with Crippen LogP contribution in [0.1, 0.15) is 25.8 Å². The average molecular weight is 296 g/mol. The molecule has 0 radical (unpaired) electrons. The minimum atomic E-state index is -3.67. The molecule has 6 heteroatoms. The number of methoxy groups -OCH3 is 1. The highest BCUT2D eigenvalue weighted by molar-refractivity contribution is 7.89. The molecule has 0 aliphatic rings. The lowest BCUT2D eigenvalue weighted by Crippen LogP contribution is -2.35. The maximum atomic E-state index is 12.2. The smallest absolute Gasteiger partial charge is 0.241 e. The fourth-order valence-electron chi connectivity index (χ4n) is 1.63. The number of hydrogen-bond donors (Lipinski definition) is 1. The zero-order valence-electron chi connectivity index (χ0n) is 12.0. The van der Waals surface area contributed by atoms with Crippen LogP contribution in [0.15, 0.2) is 29.2 Å². The Hall–Kier alpha value is -1.42. The van der Waals surface area contributed by atoms with Gasteiger partial charge in [-0.3, -0.25) is 0 Å². The Morgan fingerprint density at radius 1 is 1.35 bits per heavy atom. The summed E-state index contributed by atoms with van der Waals surface area (Å²) in [4.78, 5) is 0.0186. The summed E-state index contributed by atoms with van der Waals surface area (Å²) in [7, 11) is -2.06. The van der Waals surface area contributed by atoms with Gasteiger partial charge in [0.05, 0.1) is 10.5 Å². The number of nitriles is 1. The summed E-state index contributed by atoms with van der Waals surface area (Å²) >= 11 is 0. The molecule has 1 N–H and O–H groups in total. The fourth-order valence-corrected chi connectivity index (χ4v) is 3.03. The van der Waals surface area contributed by atoms with Gasteiger partial charge in [-0.05, 0) is 24.0 Å². The van der Waals surface area contributed by atoms with Crippen LogP contribution < -0.4 is 4.72 Å². The van der Waals surface area contributed by atoms with Crippen LogP contribution in [0.25, 0.3) is 0 Å². The van der Waals surface area contributed by atoms with Gasteiger partial charge in [0, 0.05) is 20.3 Å². The van der Waals surface area contributed by atoms with Gasteiger partial charge in [0.25, 0.3) is 0 Å². The zero-order valence-corrected chi connectivity index (χ0v) is 12.8. The highest BCUT2D eigenvalue weighted by Gasteiger charge is 2.23. The van der Waals surface area contributed by atoms with Crippen LogP contribution in [-0.2, 0) is 14.8 Å². The number of nitrogens with one attached hydrogen (secondary N) is 1. The van der Waals surface area contributed by atoms with Crippen LogP contribution in [0.3, 0.4) is 0 Å². The van der Waals surface area contributed by atoms with E-state index in [1.807, 2.05) is 19.9 Å². The van der Waals surface area contributed by atoms with Crippen molar-refractivity contribution in [2.45, 2.75) is 25.2 Å². The Kier molecular flexibility index (Phi) is 5.69. The fraction of sp³-hybridized carbons (Fsp3) is 0.500. The molecule has 0 aliphatic heterocycles. The first-order valence-electron chi connectivity index (χ1n) is 6.30. The molecule has 0 unspecified atom stereocenters. The third-order valence-electron chi connectivity index (χ3n) is 3.02. The Balaban J connectivity index is 2.84. The molecule has 0 bridgehead atoms. The topological polar surface area (TPSA) is 79.2 Å². The first kappa shape index (κ1) is 16.6. The van der Waals surface area contributed by atoms with E-state index >= 15 is 0 Å². The number of nitrogens with zero attached hydrogens (tertiary/aromatic N) is 1. The minimum Gasteiger partial charge on any atom is -0.385 e. The maximum absolute atomic E-state index is 12.2. The van der Waals surface area contributed by atoms with E-state index in [9.17, 15) is 8.42 Å². The van der Waals surface area contributed by atoms with Gasteiger partial charge in [0.15, 0.2) is 0 Å². The second-order valence-electron chi connectivity index (χ2n) is 5.34. The molecule has 110 valence electrons. The molecule has 20 heavy (non-hydrogen) atoms. The third-order valence-corrected chi connectivity index (χ3v) is 4.48. The number of hydrogen-bond acceptors (Lipinski definition) is 4. The molecule has 0 fully saturated rings. The van der Waals surface area contributed by atoms with Crippen LogP contribution >= 0.6 is 0 Å². The SMILES string of the molecule is COCCC(C)(C)CNS(=O)(=O)c1ccccc1C#N. The van der Waals surface area contributed by atoms with E-state index in [0.29, 0.717) is 13.2 Å². The standard InChI is InChI=1S/C14H20N2O3S/c1-14(2,8-9-19-3)11-16-20(17,18)13-7-5-4-6-12(13)10-15/h4-7,16H,8-9,11H2,1-3H3. The Morgan fingerprint density at radius 3 is 2.60 bits per heavy atom. The van der Waals surface area contributed by atoms with Crippen LogP contribution in [0, 0.1) is 16.7 Å². The van der Waals surface area contributed by atoms with Gasteiger partial charge in [0.2, 0.25) is 10.0 Å². The quantitative estimate of drug-likeness (QED) is 0.833. The number of benzene rings is 1. The molecule has 1 aromatic carbocycles. The van der Waals surface area contributed by atoms with Crippen LogP contribution in [0.4, 0.5) is 0 Å². The van der Waals surface area contributed by atoms with Crippen molar-refractivity contribution >= 4 is 10.0 Å². The Bertz CT molecular complexity index is 589. The molecule has 5 nitrogen and oxygen atoms in total. The maximum Gasteiger partial charge on any atom is 0.241 e. The molecular formula is C14H20N2O3S. The summed E-state index contributed by atoms with van der Waals surface area (Å²) in [5.74, 6) is 0. The normalized spacial score (nSPS) is 12.1. The molecule has 0 heterocycles. The molecule has 0 atom stereocenters. The largest absolute Gasteiger partial charge is 0.385 e. The lowest BCUT2D eigenvalue weighted by atomic mass is 9.90. The van der Waals surface area contributed by atoms with E-state index in [0.717, 1.165) is 6.42 Å². The molecule has 0 aliphatic carbocycles. The van der Waals surface area contributed by atoms with E-state index in [1.54, 1.807) is 19.2 Å². The molecule has 0 spiro atoms. The molecule has 0 saturated carbocycles. The van der Waals surface area contributed by atoms with Crippen molar-refractivity contribution in [3.8, 4) is 6.07 Å². The molecule has 1 aromatic rings. The van der Waals surface area contributed by atoms with E-state index in [2.05, 4.69) is 4.72 Å². The van der Waals surface area contributed by atoms with Gasteiger partial charge in [-0.25, -0.2) is 13.1 Å². The van der Waals surface area contributed by atoms with Gasteiger partial charge in [-0.2, -0.15) is 5.26 Å². The summed E-state index contributed by atoms with van der Waals surface area (Å²) in [6.45, 7) is 4.79. The van der Waals surface area contributed by atoms with Crippen molar-refractivity contribution in [3.05, 3.63) is 29.8 Å². The van der Waals surface area contributed by atoms with Gasteiger partial charge in [-0.1, -0.05) is 26.0 Å². The predicted molar refractivity (Wildman–Crippen MR) is 76.6 cm³/mol. The van der Waals surface area contributed by atoms with Crippen LogP contribution in [0.2, 0.25) is 0 Å². The lowest BCUT2D eigenvalue weighted by Gasteiger charge is -2.24. The second-order valence-corrected chi connectivity index (χ2v) is 7.07. The van der Waals surface area contributed by atoms with Gasteiger partial charge < -0.3 is 4.74 Å². The highest BCUT2D eigenvalue weighted by atomic mass is 32.2. The second kappa shape index (κ2) is 6.84. The zero-order chi connectivity index (χ0) is 15.2. The van der Waals surface area contributed by atoms with E-state index in [4.69, 9.17) is 10.00 Å². The Labute approximate surface area is 120 Å². The average Bonchev–Trinajstić information content (AvgIpc) is 2.43.